The fourth-order valence-electron chi connectivity index (χ4n) is 2.04. The first-order valence-electron chi connectivity index (χ1n) is 5.90. The number of thiophene rings is 1. The van der Waals surface area contributed by atoms with Crippen LogP contribution in [-0.4, -0.2) is 28.5 Å². The van der Waals surface area contributed by atoms with Crippen LogP contribution < -0.4 is 5.73 Å². The van der Waals surface area contributed by atoms with Crippen LogP contribution >= 0.6 is 11.3 Å². The Balaban J connectivity index is 1.79. The Bertz CT molecular complexity index is 532. The minimum absolute atomic E-state index is 0.603. The lowest BCUT2D eigenvalue weighted by atomic mass is 10.3. The molecule has 5 heteroatoms. The standard InChI is InChI=1S/C12H16N4S/c1-16(6-8-2-3-8)7-10-14-11(13)9-4-5-17-12(9)15-10/h4-5,8H,2-3,6-7H2,1H3,(H2,13,14,15). The minimum atomic E-state index is 0.603. The highest BCUT2D eigenvalue weighted by Gasteiger charge is 2.23. The van der Waals surface area contributed by atoms with Crippen molar-refractivity contribution >= 4 is 27.4 Å². The van der Waals surface area contributed by atoms with Crippen LogP contribution in [0.1, 0.15) is 18.7 Å². The average molecular weight is 248 g/mol. The lowest BCUT2D eigenvalue weighted by Crippen LogP contribution is -2.22. The van der Waals surface area contributed by atoms with Crippen molar-refractivity contribution in [2.45, 2.75) is 19.4 Å². The molecule has 4 nitrogen and oxygen atoms in total. The van der Waals surface area contributed by atoms with Crippen molar-refractivity contribution in [3.8, 4) is 0 Å². The summed E-state index contributed by atoms with van der Waals surface area (Å²) in [5.41, 5.74) is 5.93. The molecule has 0 atom stereocenters. The van der Waals surface area contributed by atoms with E-state index in [-0.39, 0.29) is 0 Å². The molecule has 0 radical (unpaired) electrons. The molecule has 2 heterocycles. The van der Waals surface area contributed by atoms with E-state index in [4.69, 9.17) is 5.73 Å². The second-order valence-corrected chi connectivity index (χ2v) is 5.70. The maximum Gasteiger partial charge on any atom is 0.146 e. The lowest BCUT2D eigenvalue weighted by molar-refractivity contribution is 0.306. The van der Waals surface area contributed by atoms with Crippen LogP contribution in [0.15, 0.2) is 11.4 Å². The monoisotopic (exact) mass is 248 g/mol. The molecule has 0 unspecified atom stereocenters. The van der Waals surface area contributed by atoms with Gasteiger partial charge in [-0.1, -0.05) is 0 Å². The number of nitrogen functional groups attached to an aromatic ring is 1. The molecule has 90 valence electrons. The van der Waals surface area contributed by atoms with Crippen molar-refractivity contribution in [2.24, 2.45) is 5.92 Å². The van der Waals surface area contributed by atoms with Gasteiger partial charge >= 0.3 is 0 Å². The zero-order valence-corrected chi connectivity index (χ0v) is 10.7. The van der Waals surface area contributed by atoms with E-state index in [2.05, 4.69) is 21.9 Å². The molecule has 0 amide bonds. The first-order valence-corrected chi connectivity index (χ1v) is 6.78. The summed E-state index contributed by atoms with van der Waals surface area (Å²) in [6.45, 7) is 1.93. The second kappa shape index (κ2) is 4.23. The predicted octanol–water partition coefficient (Wildman–Crippen LogP) is 2.12. The van der Waals surface area contributed by atoms with Crippen molar-refractivity contribution in [1.29, 1.82) is 0 Å². The summed E-state index contributed by atoms with van der Waals surface area (Å²) in [6, 6.07) is 1.98. The highest BCUT2D eigenvalue weighted by atomic mass is 32.1. The van der Waals surface area contributed by atoms with Gasteiger partial charge in [-0.25, -0.2) is 9.97 Å². The van der Waals surface area contributed by atoms with Crippen LogP contribution in [0.25, 0.3) is 10.2 Å². The lowest BCUT2D eigenvalue weighted by Gasteiger charge is -2.15. The highest BCUT2D eigenvalue weighted by molar-refractivity contribution is 7.16. The van der Waals surface area contributed by atoms with Crippen LogP contribution in [0.5, 0.6) is 0 Å². The molecule has 1 aliphatic rings. The summed E-state index contributed by atoms with van der Waals surface area (Å²) in [5, 5.41) is 2.98. The molecule has 3 rings (SSSR count). The third kappa shape index (κ3) is 2.40. The molecule has 1 saturated carbocycles. The van der Waals surface area contributed by atoms with Gasteiger partial charge in [-0.15, -0.1) is 11.3 Å². The molecule has 0 aromatic carbocycles. The first kappa shape index (κ1) is 10.9. The Morgan fingerprint density at radius 1 is 1.47 bits per heavy atom. The summed E-state index contributed by atoms with van der Waals surface area (Å²) in [4.78, 5) is 12.2. The van der Waals surface area contributed by atoms with Gasteiger partial charge < -0.3 is 5.73 Å². The molecule has 0 aliphatic heterocycles. The van der Waals surface area contributed by atoms with Crippen molar-refractivity contribution < 1.29 is 0 Å². The van der Waals surface area contributed by atoms with E-state index in [1.165, 1.54) is 12.8 Å². The van der Waals surface area contributed by atoms with Gasteiger partial charge in [0.15, 0.2) is 0 Å². The highest BCUT2D eigenvalue weighted by Crippen LogP contribution is 2.29. The number of nitrogens with two attached hydrogens (primary N) is 1. The minimum Gasteiger partial charge on any atom is -0.383 e. The molecule has 17 heavy (non-hydrogen) atoms. The molecule has 1 fully saturated rings. The molecule has 2 N–H and O–H groups in total. The maximum absolute atomic E-state index is 5.93. The van der Waals surface area contributed by atoms with E-state index < -0.39 is 0 Å². The summed E-state index contributed by atoms with van der Waals surface area (Å²) in [7, 11) is 2.12. The molecule has 0 bridgehead atoms. The Hall–Kier alpha value is -1.20. The molecule has 2 aromatic rings. The van der Waals surface area contributed by atoms with Gasteiger partial charge in [-0.3, -0.25) is 4.90 Å². The number of aromatic nitrogens is 2. The van der Waals surface area contributed by atoms with Crippen LogP contribution in [0, 0.1) is 5.92 Å². The normalized spacial score (nSPS) is 15.9. The Labute approximate surface area is 104 Å². The number of anilines is 1. The molecule has 0 spiro atoms. The van der Waals surface area contributed by atoms with Crippen LogP contribution in [-0.2, 0) is 6.54 Å². The molecular formula is C12H16N4S. The maximum atomic E-state index is 5.93. The zero-order chi connectivity index (χ0) is 11.8. The van der Waals surface area contributed by atoms with Gasteiger partial charge in [0.05, 0.1) is 11.9 Å². The summed E-state index contributed by atoms with van der Waals surface area (Å²) < 4.78 is 0. The van der Waals surface area contributed by atoms with E-state index in [1.807, 2.05) is 11.4 Å². The van der Waals surface area contributed by atoms with Gasteiger partial charge in [-0.05, 0) is 37.3 Å². The van der Waals surface area contributed by atoms with Gasteiger partial charge in [0.25, 0.3) is 0 Å². The Morgan fingerprint density at radius 2 is 2.29 bits per heavy atom. The van der Waals surface area contributed by atoms with Crippen molar-refractivity contribution in [1.82, 2.24) is 14.9 Å². The SMILES string of the molecule is CN(Cc1nc(N)c2ccsc2n1)CC1CC1. The third-order valence-electron chi connectivity index (χ3n) is 3.08. The summed E-state index contributed by atoms with van der Waals surface area (Å²) >= 11 is 1.62. The van der Waals surface area contributed by atoms with Crippen LogP contribution in [0.2, 0.25) is 0 Å². The number of hydrogen-bond acceptors (Lipinski definition) is 5. The predicted molar refractivity (Wildman–Crippen MR) is 70.9 cm³/mol. The van der Waals surface area contributed by atoms with Gasteiger partial charge in [0, 0.05) is 6.54 Å². The van der Waals surface area contributed by atoms with Crippen LogP contribution in [0.4, 0.5) is 5.82 Å². The third-order valence-corrected chi connectivity index (χ3v) is 3.89. The van der Waals surface area contributed by atoms with Crippen LogP contribution in [0.3, 0.4) is 0 Å². The van der Waals surface area contributed by atoms with E-state index in [0.29, 0.717) is 5.82 Å². The number of fused-ring (bicyclic) bond motifs is 1. The van der Waals surface area contributed by atoms with Gasteiger partial charge in [0.1, 0.15) is 16.5 Å². The van der Waals surface area contributed by atoms with E-state index in [9.17, 15) is 0 Å². The van der Waals surface area contributed by atoms with Crippen molar-refractivity contribution in [2.75, 3.05) is 19.3 Å². The quantitative estimate of drug-likeness (QED) is 0.900. The van der Waals surface area contributed by atoms with Gasteiger partial charge in [0.2, 0.25) is 0 Å². The summed E-state index contributed by atoms with van der Waals surface area (Å²) in [6.07, 6.45) is 2.74. The second-order valence-electron chi connectivity index (χ2n) is 4.80. The fraction of sp³-hybridized carbons (Fsp3) is 0.500. The Kier molecular flexibility index (Phi) is 2.72. The molecule has 2 aromatic heterocycles. The summed E-state index contributed by atoms with van der Waals surface area (Å²) in [5.74, 6) is 2.33. The van der Waals surface area contributed by atoms with Crippen molar-refractivity contribution in [3.05, 3.63) is 17.3 Å². The average Bonchev–Trinajstić information content (AvgIpc) is 2.94. The zero-order valence-electron chi connectivity index (χ0n) is 9.89. The topological polar surface area (TPSA) is 55.0 Å². The van der Waals surface area contributed by atoms with E-state index in [0.717, 1.165) is 35.0 Å². The largest absolute Gasteiger partial charge is 0.383 e. The fourth-order valence-corrected chi connectivity index (χ4v) is 2.83. The van der Waals surface area contributed by atoms with E-state index >= 15 is 0 Å². The first-order chi connectivity index (χ1) is 8.22. The number of hydrogen-bond donors (Lipinski definition) is 1. The molecular weight excluding hydrogens is 232 g/mol. The molecule has 0 saturated heterocycles. The van der Waals surface area contributed by atoms with Crippen molar-refractivity contribution in [3.63, 3.8) is 0 Å². The molecule has 1 aliphatic carbocycles. The van der Waals surface area contributed by atoms with E-state index in [1.54, 1.807) is 11.3 Å². The Morgan fingerprint density at radius 3 is 3.06 bits per heavy atom. The number of nitrogens with zero attached hydrogens (tertiary/aromatic N) is 3. The van der Waals surface area contributed by atoms with Gasteiger partial charge in [-0.2, -0.15) is 0 Å². The smallest absolute Gasteiger partial charge is 0.146 e. The number of rotatable bonds is 4.